The molecule has 1 atom stereocenters. The number of hydrogen-bond donors (Lipinski definition) is 3. The molecule has 4 N–H and O–H groups in total. The number of amides is 1. The summed E-state index contributed by atoms with van der Waals surface area (Å²) in [5.74, 6) is 5.26. The predicted octanol–water partition coefficient (Wildman–Crippen LogP) is 1.91. The van der Waals surface area contributed by atoms with Crippen LogP contribution in [0.25, 0.3) is 0 Å². The molecule has 0 bridgehead atoms. The molecule has 0 aliphatic heterocycles. The molecule has 20 heavy (non-hydrogen) atoms. The maximum Gasteiger partial charge on any atom is 0.272 e. The maximum atomic E-state index is 12.0. The van der Waals surface area contributed by atoms with Crippen LogP contribution in [0.2, 0.25) is 5.02 Å². The molecule has 2 aromatic rings. The van der Waals surface area contributed by atoms with Gasteiger partial charge in [-0.2, -0.15) is 0 Å². The van der Waals surface area contributed by atoms with Gasteiger partial charge in [0, 0.05) is 5.02 Å². The van der Waals surface area contributed by atoms with Crippen LogP contribution in [0, 0.1) is 0 Å². The first-order valence-corrected chi connectivity index (χ1v) is 6.34. The number of nitrogens with zero attached hydrogens (tertiary/aromatic N) is 2. The van der Waals surface area contributed by atoms with Crippen molar-refractivity contribution in [3.8, 4) is 0 Å². The lowest BCUT2D eigenvalue weighted by Gasteiger charge is -2.14. The van der Waals surface area contributed by atoms with Gasteiger partial charge in [-0.1, -0.05) is 23.7 Å². The van der Waals surface area contributed by atoms with E-state index in [4.69, 9.17) is 17.4 Å². The van der Waals surface area contributed by atoms with Gasteiger partial charge in [0.2, 0.25) is 0 Å². The minimum atomic E-state index is -0.312. The molecule has 0 fully saturated rings. The molecule has 1 heterocycles. The quantitative estimate of drug-likeness (QED) is 0.591. The smallest absolute Gasteiger partial charge is 0.272 e. The molecule has 0 radical (unpaired) electrons. The average Bonchev–Trinajstić information content (AvgIpc) is 2.47. The fourth-order valence-corrected chi connectivity index (χ4v) is 1.86. The Kier molecular flexibility index (Phi) is 4.49. The Bertz CT molecular complexity index is 602. The van der Waals surface area contributed by atoms with Gasteiger partial charge >= 0.3 is 0 Å². The van der Waals surface area contributed by atoms with Crippen molar-refractivity contribution >= 4 is 23.3 Å². The number of benzene rings is 1. The molecule has 104 valence electrons. The summed E-state index contributed by atoms with van der Waals surface area (Å²) in [6, 6.07) is 10.2. The Morgan fingerprint density at radius 2 is 2.10 bits per heavy atom. The first-order chi connectivity index (χ1) is 9.60. The fraction of sp³-hybridized carbons (Fsp3) is 0.154. The Balaban J connectivity index is 2.06. The third-order valence-corrected chi connectivity index (χ3v) is 2.98. The minimum absolute atomic E-state index is 0.185. The van der Waals surface area contributed by atoms with E-state index in [0.717, 1.165) is 5.56 Å². The van der Waals surface area contributed by atoms with Crippen molar-refractivity contribution in [1.29, 1.82) is 0 Å². The molecule has 7 heteroatoms. The molecule has 2 rings (SSSR count). The first kappa shape index (κ1) is 14.2. The lowest BCUT2D eigenvalue weighted by Crippen LogP contribution is -2.27. The number of nitrogens with one attached hydrogen (secondary N) is 2. The maximum absolute atomic E-state index is 12.0. The van der Waals surface area contributed by atoms with E-state index >= 15 is 0 Å². The topological polar surface area (TPSA) is 92.9 Å². The van der Waals surface area contributed by atoms with Gasteiger partial charge in [-0.15, -0.1) is 10.2 Å². The van der Waals surface area contributed by atoms with Crippen LogP contribution in [0.1, 0.15) is 29.0 Å². The summed E-state index contributed by atoms with van der Waals surface area (Å²) in [7, 11) is 0. The van der Waals surface area contributed by atoms with Crippen molar-refractivity contribution in [2.45, 2.75) is 13.0 Å². The zero-order chi connectivity index (χ0) is 14.5. The molecule has 0 saturated heterocycles. The highest BCUT2D eigenvalue weighted by atomic mass is 35.5. The number of hydrogen-bond acceptors (Lipinski definition) is 5. The van der Waals surface area contributed by atoms with Crippen LogP contribution in [0.15, 0.2) is 36.4 Å². The van der Waals surface area contributed by atoms with Gasteiger partial charge in [0.05, 0.1) is 6.04 Å². The second-order valence-electron chi connectivity index (χ2n) is 4.20. The SMILES string of the molecule is CC(NC(=O)c1ccc(NN)nn1)c1cccc(Cl)c1. The third-order valence-electron chi connectivity index (χ3n) is 2.74. The van der Waals surface area contributed by atoms with Gasteiger partial charge in [-0.25, -0.2) is 5.84 Å². The number of nitrogen functional groups attached to an aromatic ring is 1. The van der Waals surface area contributed by atoms with Crippen molar-refractivity contribution < 1.29 is 4.79 Å². The van der Waals surface area contributed by atoms with Gasteiger partial charge in [0.1, 0.15) is 0 Å². The molecule has 0 saturated carbocycles. The summed E-state index contributed by atoms with van der Waals surface area (Å²) >= 11 is 5.92. The molecule has 1 aromatic carbocycles. The summed E-state index contributed by atoms with van der Waals surface area (Å²) in [5.41, 5.74) is 3.48. The van der Waals surface area contributed by atoms with Crippen molar-refractivity contribution in [2.75, 3.05) is 5.43 Å². The fourth-order valence-electron chi connectivity index (χ4n) is 1.66. The Labute approximate surface area is 121 Å². The zero-order valence-corrected chi connectivity index (χ0v) is 11.6. The average molecular weight is 292 g/mol. The highest BCUT2D eigenvalue weighted by molar-refractivity contribution is 6.30. The van der Waals surface area contributed by atoms with E-state index in [-0.39, 0.29) is 17.6 Å². The van der Waals surface area contributed by atoms with Crippen LogP contribution in [-0.2, 0) is 0 Å². The van der Waals surface area contributed by atoms with Crippen LogP contribution >= 0.6 is 11.6 Å². The molecule has 1 amide bonds. The van der Waals surface area contributed by atoms with Crippen LogP contribution in [0.4, 0.5) is 5.82 Å². The second-order valence-corrected chi connectivity index (χ2v) is 4.63. The summed E-state index contributed by atoms with van der Waals surface area (Å²) < 4.78 is 0. The third kappa shape index (κ3) is 3.43. The molecule has 0 aliphatic carbocycles. The lowest BCUT2D eigenvalue weighted by molar-refractivity contribution is 0.0934. The van der Waals surface area contributed by atoms with Crippen molar-refractivity contribution in [2.24, 2.45) is 5.84 Å². The second kappa shape index (κ2) is 6.31. The molecular weight excluding hydrogens is 278 g/mol. The number of hydrazine groups is 1. The van der Waals surface area contributed by atoms with Crippen LogP contribution in [0.3, 0.4) is 0 Å². The van der Waals surface area contributed by atoms with Gasteiger partial charge in [0.25, 0.3) is 5.91 Å². The van der Waals surface area contributed by atoms with Gasteiger partial charge in [0.15, 0.2) is 11.5 Å². The van der Waals surface area contributed by atoms with E-state index < -0.39 is 0 Å². The normalized spacial score (nSPS) is 11.8. The Morgan fingerprint density at radius 1 is 1.30 bits per heavy atom. The standard InChI is InChI=1S/C13H14ClN5O/c1-8(9-3-2-4-10(14)7-9)16-13(20)11-5-6-12(17-15)19-18-11/h2-8H,15H2,1H3,(H,16,20)(H,17,19). The van der Waals surface area contributed by atoms with E-state index in [1.807, 2.05) is 19.1 Å². The van der Waals surface area contributed by atoms with Crippen LogP contribution in [0.5, 0.6) is 0 Å². The highest BCUT2D eigenvalue weighted by Crippen LogP contribution is 2.17. The molecule has 6 nitrogen and oxygen atoms in total. The van der Waals surface area contributed by atoms with E-state index in [0.29, 0.717) is 10.8 Å². The van der Waals surface area contributed by atoms with Gasteiger partial charge in [-0.05, 0) is 36.8 Å². The number of nitrogens with two attached hydrogens (primary N) is 1. The van der Waals surface area contributed by atoms with E-state index in [9.17, 15) is 4.79 Å². The summed E-state index contributed by atoms with van der Waals surface area (Å²) in [6.07, 6.45) is 0. The number of rotatable bonds is 4. The van der Waals surface area contributed by atoms with Crippen molar-refractivity contribution in [1.82, 2.24) is 15.5 Å². The Hall–Kier alpha value is -2.18. The van der Waals surface area contributed by atoms with Crippen LogP contribution < -0.4 is 16.6 Å². The highest BCUT2D eigenvalue weighted by Gasteiger charge is 2.13. The lowest BCUT2D eigenvalue weighted by atomic mass is 10.1. The number of halogens is 1. The van der Waals surface area contributed by atoms with E-state index in [1.165, 1.54) is 0 Å². The minimum Gasteiger partial charge on any atom is -0.344 e. The van der Waals surface area contributed by atoms with Crippen molar-refractivity contribution in [3.63, 3.8) is 0 Å². The van der Waals surface area contributed by atoms with Gasteiger partial charge in [-0.3, -0.25) is 4.79 Å². The van der Waals surface area contributed by atoms with E-state index in [2.05, 4.69) is 20.9 Å². The molecule has 0 aliphatic rings. The zero-order valence-electron chi connectivity index (χ0n) is 10.8. The van der Waals surface area contributed by atoms with Crippen LogP contribution in [-0.4, -0.2) is 16.1 Å². The molecule has 0 spiro atoms. The summed E-state index contributed by atoms with van der Waals surface area (Å²) in [5, 5.41) is 11.0. The molecule has 1 unspecified atom stereocenters. The van der Waals surface area contributed by atoms with Gasteiger partial charge < -0.3 is 10.7 Å². The summed E-state index contributed by atoms with van der Waals surface area (Å²) in [6.45, 7) is 1.87. The van der Waals surface area contributed by atoms with E-state index in [1.54, 1.807) is 24.3 Å². The van der Waals surface area contributed by atoms with Crippen molar-refractivity contribution in [3.05, 3.63) is 52.7 Å². The number of anilines is 1. The predicted molar refractivity (Wildman–Crippen MR) is 77.2 cm³/mol. The number of carbonyl (C=O) groups is 1. The molecular formula is C13H14ClN5O. The Morgan fingerprint density at radius 3 is 2.70 bits per heavy atom. The largest absolute Gasteiger partial charge is 0.344 e. The monoisotopic (exact) mass is 291 g/mol. The number of carbonyl (C=O) groups excluding carboxylic acids is 1. The first-order valence-electron chi connectivity index (χ1n) is 5.97. The summed E-state index contributed by atoms with van der Waals surface area (Å²) in [4.78, 5) is 12.0. The molecule has 1 aromatic heterocycles. The number of aromatic nitrogens is 2.